The molecule has 4 aromatic rings. The lowest BCUT2D eigenvalue weighted by atomic mass is 10.0. The molecule has 0 atom stereocenters. The number of hydrogen-bond donors (Lipinski definition) is 3. The van der Waals surface area contributed by atoms with Gasteiger partial charge in [0.1, 0.15) is 33.4 Å². The molecule has 2 aromatic heterocycles. The second kappa shape index (κ2) is 5.09. The Bertz CT molecular complexity index is 1370. The first-order chi connectivity index (χ1) is 12.3. The van der Waals surface area contributed by atoms with Gasteiger partial charge in [0.25, 0.3) is 5.95 Å². The molecule has 0 unspecified atom stereocenters. The molecule has 0 aliphatic carbocycles. The zero-order valence-corrected chi connectivity index (χ0v) is 13.2. The molecule has 0 saturated heterocycles. The SMILES string of the molecule is Cc1cc2cc3oc4cc(=O)cc(C(=O)O)c4c(O)c3c(=O)c2c(O)o1. The summed E-state index contributed by atoms with van der Waals surface area (Å²) in [6.07, 6.45) is 0. The van der Waals surface area contributed by atoms with E-state index in [1.807, 2.05) is 0 Å². The van der Waals surface area contributed by atoms with Crippen LogP contribution in [0.2, 0.25) is 0 Å². The van der Waals surface area contributed by atoms with Crippen LogP contribution in [0.25, 0.3) is 32.7 Å². The third-order valence-corrected chi connectivity index (χ3v) is 4.11. The Morgan fingerprint density at radius 3 is 2.31 bits per heavy atom. The Labute approximate surface area is 143 Å². The molecule has 4 rings (SSSR count). The first kappa shape index (κ1) is 15.7. The topological polar surface area (TPSA) is 138 Å². The predicted molar refractivity (Wildman–Crippen MR) is 91.1 cm³/mol. The van der Waals surface area contributed by atoms with Gasteiger partial charge in [0.15, 0.2) is 5.43 Å². The lowest BCUT2D eigenvalue weighted by Gasteiger charge is -2.09. The number of aryl methyl sites for hydroxylation is 1. The van der Waals surface area contributed by atoms with Crippen molar-refractivity contribution in [2.45, 2.75) is 6.92 Å². The summed E-state index contributed by atoms with van der Waals surface area (Å²) in [5.74, 6) is -2.39. The number of rotatable bonds is 1. The number of carbonyl (C=O) groups is 1. The molecule has 0 aliphatic rings. The fourth-order valence-electron chi connectivity index (χ4n) is 3.07. The van der Waals surface area contributed by atoms with Gasteiger partial charge in [0.05, 0.1) is 10.9 Å². The van der Waals surface area contributed by atoms with E-state index in [2.05, 4.69) is 0 Å². The number of fused-ring (bicyclic) bond motifs is 3. The third-order valence-electron chi connectivity index (χ3n) is 4.11. The van der Waals surface area contributed by atoms with Crippen LogP contribution in [0, 0.1) is 6.92 Å². The normalized spacial score (nSPS) is 11.4. The highest BCUT2D eigenvalue weighted by molar-refractivity contribution is 6.11. The van der Waals surface area contributed by atoms with Crippen molar-refractivity contribution in [3.8, 4) is 11.7 Å². The van der Waals surface area contributed by atoms with Crippen molar-refractivity contribution >= 4 is 38.7 Å². The van der Waals surface area contributed by atoms with Crippen molar-refractivity contribution in [3.05, 3.63) is 56.0 Å². The number of benzene rings is 2. The smallest absolute Gasteiger partial charge is 0.336 e. The maximum atomic E-state index is 12.8. The second-order valence-corrected chi connectivity index (χ2v) is 5.81. The van der Waals surface area contributed by atoms with Gasteiger partial charge in [-0.15, -0.1) is 0 Å². The lowest BCUT2D eigenvalue weighted by molar-refractivity contribution is 0.0698. The molecule has 2 heterocycles. The predicted octanol–water partition coefficient (Wildman–Crippen LogP) is 2.47. The minimum absolute atomic E-state index is 0.0561. The van der Waals surface area contributed by atoms with Crippen LogP contribution in [-0.4, -0.2) is 21.3 Å². The van der Waals surface area contributed by atoms with Crippen LogP contribution < -0.4 is 10.9 Å². The number of carboxylic acids is 1. The summed E-state index contributed by atoms with van der Waals surface area (Å²) in [7, 11) is 0. The van der Waals surface area contributed by atoms with Crippen molar-refractivity contribution < 1.29 is 28.9 Å². The Morgan fingerprint density at radius 2 is 1.62 bits per heavy atom. The largest absolute Gasteiger partial charge is 0.506 e. The summed E-state index contributed by atoms with van der Waals surface area (Å²) in [6, 6.07) is 4.75. The van der Waals surface area contributed by atoms with Gasteiger partial charge in [0, 0.05) is 12.1 Å². The zero-order valence-electron chi connectivity index (χ0n) is 13.2. The second-order valence-electron chi connectivity index (χ2n) is 5.81. The average Bonchev–Trinajstić information content (AvgIpc) is 2.52. The van der Waals surface area contributed by atoms with Crippen molar-refractivity contribution in [2.75, 3.05) is 0 Å². The molecule has 26 heavy (non-hydrogen) atoms. The fraction of sp³-hybridized carbons (Fsp3) is 0.0556. The van der Waals surface area contributed by atoms with Gasteiger partial charge < -0.3 is 24.2 Å². The van der Waals surface area contributed by atoms with E-state index in [9.17, 15) is 29.7 Å². The van der Waals surface area contributed by atoms with Crippen LogP contribution in [0.15, 0.2) is 42.7 Å². The van der Waals surface area contributed by atoms with Gasteiger partial charge in [-0.05, 0) is 24.4 Å². The first-order valence-corrected chi connectivity index (χ1v) is 7.41. The first-order valence-electron chi connectivity index (χ1n) is 7.41. The number of carboxylic acid groups (broad SMARTS) is 1. The van der Waals surface area contributed by atoms with Crippen LogP contribution in [0.5, 0.6) is 11.7 Å². The van der Waals surface area contributed by atoms with Gasteiger partial charge in [-0.25, -0.2) is 4.79 Å². The summed E-state index contributed by atoms with van der Waals surface area (Å²) in [5, 5.41) is 29.4. The molecular weight excluding hydrogens is 344 g/mol. The molecular formula is C18H10O8. The van der Waals surface area contributed by atoms with Crippen LogP contribution in [0.1, 0.15) is 16.1 Å². The Morgan fingerprint density at radius 1 is 0.923 bits per heavy atom. The van der Waals surface area contributed by atoms with Crippen LogP contribution in [-0.2, 0) is 0 Å². The molecule has 0 aliphatic heterocycles. The highest BCUT2D eigenvalue weighted by atomic mass is 16.5. The molecule has 8 nitrogen and oxygen atoms in total. The van der Waals surface area contributed by atoms with Gasteiger partial charge in [-0.2, -0.15) is 0 Å². The van der Waals surface area contributed by atoms with E-state index in [4.69, 9.17) is 8.83 Å². The lowest BCUT2D eigenvalue weighted by Crippen LogP contribution is -2.08. The fourth-order valence-corrected chi connectivity index (χ4v) is 3.07. The molecule has 0 spiro atoms. The molecule has 3 N–H and O–H groups in total. The molecule has 0 bridgehead atoms. The maximum Gasteiger partial charge on any atom is 0.336 e. The number of aromatic carboxylic acids is 1. The highest BCUT2D eigenvalue weighted by Gasteiger charge is 2.22. The summed E-state index contributed by atoms with van der Waals surface area (Å²) in [4.78, 5) is 35.9. The van der Waals surface area contributed by atoms with Crippen LogP contribution in [0.4, 0.5) is 0 Å². The summed E-state index contributed by atoms with van der Waals surface area (Å²) < 4.78 is 10.6. The highest BCUT2D eigenvalue weighted by Crippen LogP contribution is 2.36. The van der Waals surface area contributed by atoms with Crippen molar-refractivity contribution in [3.63, 3.8) is 0 Å². The van der Waals surface area contributed by atoms with Crippen molar-refractivity contribution in [1.82, 2.24) is 0 Å². The minimum atomic E-state index is -1.46. The van der Waals surface area contributed by atoms with Crippen molar-refractivity contribution in [2.24, 2.45) is 0 Å². The average molecular weight is 354 g/mol. The number of hydrogen-bond acceptors (Lipinski definition) is 7. The Kier molecular flexibility index (Phi) is 3.07. The van der Waals surface area contributed by atoms with E-state index in [-0.39, 0.29) is 27.3 Å². The summed E-state index contributed by atoms with van der Waals surface area (Å²) in [6.45, 7) is 1.58. The van der Waals surface area contributed by atoms with Crippen molar-refractivity contribution in [1.29, 1.82) is 0 Å². The van der Waals surface area contributed by atoms with Gasteiger partial charge in [-0.1, -0.05) is 0 Å². The molecule has 8 heteroatoms. The Balaban J connectivity index is 2.33. The van der Waals surface area contributed by atoms with Gasteiger partial charge in [0.2, 0.25) is 5.43 Å². The third kappa shape index (κ3) is 2.05. The molecule has 2 aromatic carbocycles. The van der Waals surface area contributed by atoms with Crippen LogP contribution >= 0.6 is 0 Å². The maximum absolute atomic E-state index is 12.8. The van der Waals surface area contributed by atoms with Crippen LogP contribution in [0.3, 0.4) is 0 Å². The zero-order chi connectivity index (χ0) is 18.7. The molecule has 0 saturated carbocycles. The van der Waals surface area contributed by atoms with E-state index >= 15 is 0 Å². The standard InChI is InChI=1S/C18H10O8/c1-6-2-7-3-10-14(15(20)12(7)18(24)25-6)16(21)13-9(17(22)23)4-8(19)5-11(13)26-10/h2-5,21,24H,1H3,(H,22,23). The van der Waals surface area contributed by atoms with E-state index < -0.39 is 34.1 Å². The quantitative estimate of drug-likeness (QED) is 0.443. The van der Waals surface area contributed by atoms with Gasteiger partial charge >= 0.3 is 5.97 Å². The van der Waals surface area contributed by atoms with E-state index in [0.717, 1.165) is 12.1 Å². The Hall–Kier alpha value is -3.81. The molecule has 130 valence electrons. The molecule has 0 amide bonds. The van der Waals surface area contributed by atoms with E-state index in [1.165, 1.54) is 12.1 Å². The van der Waals surface area contributed by atoms with E-state index in [0.29, 0.717) is 11.1 Å². The summed E-state index contributed by atoms with van der Waals surface area (Å²) >= 11 is 0. The van der Waals surface area contributed by atoms with E-state index in [1.54, 1.807) is 6.92 Å². The molecule has 0 radical (unpaired) electrons. The monoisotopic (exact) mass is 354 g/mol. The van der Waals surface area contributed by atoms with Gasteiger partial charge in [-0.3, -0.25) is 9.59 Å². The minimum Gasteiger partial charge on any atom is -0.506 e. The molecule has 0 fully saturated rings. The number of aromatic hydroxyl groups is 2. The summed E-state index contributed by atoms with van der Waals surface area (Å²) in [5.41, 5.74) is -2.12.